The second kappa shape index (κ2) is 5.84. The highest BCUT2D eigenvalue weighted by molar-refractivity contribution is 5.82. The van der Waals surface area contributed by atoms with Crippen LogP contribution in [0.5, 0.6) is 0 Å². The average molecular weight is 235 g/mol. The van der Waals surface area contributed by atoms with E-state index < -0.39 is 0 Å². The molecule has 0 aromatic heterocycles. The van der Waals surface area contributed by atoms with Crippen molar-refractivity contribution in [3.8, 4) is 0 Å². The first kappa shape index (κ1) is 12.1. The maximum Gasteiger partial charge on any atom is 0.0930 e. The Hall–Kier alpha value is -1.33. The second-order valence-corrected chi connectivity index (χ2v) is 4.35. The molecule has 2 aliphatic rings. The largest absolute Gasteiger partial charge is 0.371 e. The number of allylic oxidation sites excluding steroid dienone is 1. The van der Waals surface area contributed by atoms with E-state index in [0.29, 0.717) is 0 Å². The Morgan fingerprint density at radius 1 is 1.53 bits per heavy atom. The van der Waals surface area contributed by atoms with Gasteiger partial charge in [-0.05, 0) is 32.5 Å². The molecule has 5 nitrogen and oxygen atoms in total. The lowest BCUT2D eigenvalue weighted by Gasteiger charge is -2.28. The van der Waals surface area contributed by atoms with Gasteiger partial charge in [-0.3, -0.25) is 10.3 Å². The molecule has 0 aromatic rings. The van der Waals surface area contributed by atoms with Crippen LogP contribution in [-0.4, -0.2) is 39.2 Å². The lowest BCUT2D eigenvalue weighted by Crippen LogP contribution is -2.42. The summed E-state index contributed by atoms with van der Waals surface area (Å²) in [6.45, 7) is 4.69. The third-order valence-electron chi connectivity index (χ3n) is 2.92. The molecule has 1 unspecified atom stereocenters. The number of rotatable bonds is 3. The molecule has 0 bridgehead atoms. The average Bonchev–Trinajstić information content (AvgIpc) is 2.38. The van der Waals surface area contributed by atoms with Gasteiger partial charge in [-0.2, -0.15) is 0 Å². The molecule has 0 aliphatic carbocycles. The second-order valence-electron chi connectivity index (χ2n) is 4.35. The molecular weight excluding hydrogens is 214 g/mol. The van der Waals surface area contributed by atoms with E-state index in [1.54, 1.807) is 0 Å². The lowest BCUT2D eigenvalue weighted by molar-refractivity contribution is 0.530. The zero-order valence-corrected chi connectivity index (χ0v) is 10.5. The van der Waals surface area contributed by atoms with Gasteiger partial charge in [0.2, 0.25) is 0 Å². The van der Waals surface area contributed by atoms with Crippen LogP contribution in [-0.2, 0) is 0 Å². The molecule has 94 valence electrons. The van der Waals surface area contributed by atoms with Crippen molar-refractivity contribution in [2.75, 3.05) is 26.8 Å². The normalized spacial score (nSPS) is 28.4. The molecule has 2 aliphatic heterocycles. The molecule has 5 heteroatoms. The van der Waals surface area contributed by atoms with Crippen molar-refractivity contribution in [1.29, 1.82) is 0 Å². The summed E-state index contributed by atoms with van der Waals surface area (Å²) in [7, 11) is 1.98. The Balaban J connectivity index is 2.21. The van der Waals surface area contributed by atoms with Crippen molar-refractivity contribution in [1.82, 2.24) is 21.3 Å². The quantitative estimate of drug-likeness (QED) is 0.552. The molecule has 0 radical (unpaired) electrons. The van der Waals surface area contributed by atoms with Crippen LogP contribution in [0.3, 0.4) is 0 Å². The van der Waals surface area contributed by atoms with Crippen molar-refractivity contribution in [3.63, 3.8) is 0 Å². The zero-order valence-electron chi connectivity index (χ0n) is 10.5. The molecule has 17 heavy (non-hydrogen) atoms. The van der Waals surface area contributed by atoms with Crippen LogP contribution >= 0.6 is 0 Å². The van der Waals surface area contributed by atoms with E-state index in [-0.39, 0.29) is 6.17 Å². The van der Waals surface area contributed by atoms with Gasteiger partial charge in [0.1, 0.15) is 0 Å². The van der Waals surface area contributed by atoms with Crippen molar-refractivity contribution >= 4 is 6.21 Å². The molecule has 0 fully saturated rings. The van der Waals surface area contributed by atoms with Gasteiger partial charge in [0.05, 0.1) is 12.8 Å². The minimum atomic E-state index is 0.270. The van der Waals surface area contributed by atoms with Crippen LogP contribution < -0.4 is 21.3 Å². The maximum atomic E-state index is 4.28. The maximum absolute atomic E-state index is 4.28. The molecule has 1 atom stereocenters. The van der Waals surface area contributed by atoms with Crippen molar-refractivity contribution in [3.05, 3.63) is 23.0 Å². The summed E-state index contributed by atoms with van der Waals surface area (Å²) >= 11 is 0. The van der Waals surface area contributed by atoms with E-state index in [1.165, 1.54) is 16.8 Å². The summed E-state index contributed by atoms with van der Waals surface area (Å²) in [6, 6.07) is 0. The minimum absolute atomic E-state index is 0.270. The monoisotopic (exact) mass is 235 g/mol. The highest BCUT2D eigenvalue weighted by Crippen LogP contribution is 2.18. The Kier molecular flexibility index (Phi) is 4.17. The van der Waals surface area contributed by atoms with Crippen LogP contribution in [0.15, 0.2) is 28.0 Å². The number of nitrogens with one attached hydrogen (secondary N) is 4. The van der Waals surface area contributed by atoms with Crippen LogP contribution in [0.4, 0.5) is 0 Å². The summed E-state index contributed by atoms with van der Waals surface area (Å²) in [5, 5.41) is 13.2. The Morgan fingerprint density at radius 2 is 2.41 bits per heavy atom. The molecule has 0 saturated heterocycles. The van der Waals surface area contributed by atoms with E-state index in [0.717, 1.165) is 26.2 Å². The van der Waals surface area contributed by atoms with Crippen molar-refractivity contribution in [2.24, 2.45) is 4.99 Å². The Labute approximate surface area is 102 Å². The lowest BCUT2D eigenvalue weighted by atomic mass is 10.0. The highest BCUT2D eigenvalue weighted by atomic mass is 15.1. The van der Waals surface area contributed by atoms with Crippen LogP contribution in [0, 0.1) is 0 Å². The molecule has 4 N–H and O–H groups in total. The first-order valence-corrected chi connectivity index (χ1v) is 6.11. The summed E-state index contributed by atoms with van der Waals surface area (Å²) in [6.07, 6.45) is 5.37. The molecule has 0 saturated carbocycles. The summed E-state index contributed by atoms with van der Waals surface area (Å²) < 4.78 is 0. The van der Waals surface area contributed by atoms with E-state index in [1.807, 2.05) is 13.3 Å². The number of hydrogen-bond acceptors (Lipinski definition) is 5. The number of aliphatic imine (C=N–C) groups is 1. The number of nitrogens with zero attached hydrogens (tertiary/aromatic N) is 1. The molecule has 2 heterocycles. The fourth-order valence-electron chi connectivity index (χ4n) is 2.01. The molecule has 0 amide bonds. The van der Waals surface area contributed by atoms with Gasteiger partial charge in [-0.15, -0.1) is 0 Å². The molecule has 2 rings (SSSR count). The summed E-state index contributed by atoms with van der Waals surface area (Å²) in [5.74, 6) is 0. The summed E-state index contributed by atoms with van der Waals surface area (Å²) in [4.78, 5) is 4.28. The van der Waals surface area contributed by atoms with E-state index in [9.17, 15) is 0 Å². The van der Waals surface area contributed by atoms with Crippen LogP contribution in [0.1, 0.15) is 13.3 Å². The topological polar surface area (TPSA) is 60.5 Å². The van der Waals surface area contributed by atoms with Gasteiger partial charge in [-0.25, -0.2) is 0 Å². The van der Waals surface area contributed by atoms with E-state index >= 15 is 0 Å². The third-order valence-corrected chi connectivity index (χ3v) is 2.92. The van der Waals surface area contributed by atoms with Gasteiger partial charge in [0, 0.05) is 30.2 Å². The minimum Gasteiger partial charge on any atom is -0.371 e. The first-order chi connectivity index (χ1) is 8.31. The van der Waals surface area contributed by atoms with Crippen molar-refractivity contribution in [2.45, 2.75) is 19.5 Å². The molecule has 0 aromatic carbocycles. The van der Waals surface area contributed by atoms with E-state index in [4.69, 9.17) is 0 Å². The van der Waals surface area contributed by atoms with Crippen LogP contribution in [0.2, 0.25) is 0 Å². The van der Waals surface area contributed by atoms with Crippen LogP contribution in [0.25, 0.3) is 0 Å². The third kappa shape index (κ3) is 3.08. The SMILES string of the molecule is CNCCC1=CNC(C)NC1=C1C=NCNC1. The smallest absolute Gasteiger partial charge is 0.0930 e. The highest BCUT2D eigenvalue weighted by Gasteiger charge is 2.17. The fraction of sp³-hybridized carbons (Fsp3) is 0.583. The van der Waals surface area contributed by atoms with Crippen molar-refractivity contribution < 1.29 is 0 Å². The molecular formula is C12H21N5. The number of hydrogen-bond donors (Lipinski definition) is 4. The predicted molar refractivity (Wildman–Crippen MR) is 70.7 cm³/mol. The van der Waals surface area contributed by atoms with Gasteiger partial charge in [-0.1, -0.05) is 0 Å². The summed E-state index contributed by atoms with van der Waals surface area (Å²) in [5.41, 5.74) is 3.78. The van der Waals surface area contributed by atoms with Gasteiger partial charge in [0.25, 0.3) is 0 Å². The van der Waals surface area contributed by atoms with Gasteiger partial charge >= 0.3 is 0 Å². The van der Waals surface area contributed by atoms with Gasteiger partial charge < -0.3 is 16.0 Å². The predicted octanol–water partition coefficient (Wildman–Crippen LogP) is -0.0958. The van der Waals surface area contributed by atoms with Gasteiger partial charge in [0.15, 0.2) is 0 Å². The standard InChI is InChI=1S/C12H21N5/c1-9-16-7-10(3-4-13-2)12(17-9)11-5-14-8-15-6-11/h5,7,9,13,15-17H,3-4,6,8H2,1-2H3. The zero-order chi connectivity index (χ0) is 12.1. The Morgan fingerprint density at radius 3 is 3.12 bits per heavy atom. The van der Waals surface area contributed by atoms with E-state index in [2.05, 4.69) is 39.4 Å². The molecule has 0 spiro atoms. The first-order valence-electron chi connectivity index (χ1n) is 6.11. The Bertz CT molecular complexity index is 356. The fourth-order valence-corrected chi connectivity index (χ4v) is 2.01.